The number of rotatable bonds is 7. The third-order valence-electron chi connectivity index (χ3n) is 1.84. The third-order valence-corrected chi connectivity index (χ3v) is 1.84. The van der Waals surface area contributed by atoms with Gasteiger partial charge in [-0.3, -0.25) is 4.79 Å². The lowest BCUT2D eigenvalue weighted by Crippen LogP contribution is -2.26. The molecule has 0 saturated heterocycles. The maximum Gasteiger partial charge on any atom is 0.347 e. The average molecular weight is 216 g/mol. The minimum atomic E-state index is -0.791. The SMILES string of the molecule is CCCCOC(=O)[C@H](C)OC(=O)CCC. The van der Waals surface area contributed by atoms with E-state index in [1.54, 1.807) is 0 Å². The summed E-state index contributed by atoms with van der Waals surface area (Å²) in [5.74, 6) is -0.814. The second-order valence-electron chi connectivity index (χ2n) is 3.40. The molecule has 4 heteroatoms. The summed E-state index contributed by atoms with van der Waals surface area (Å²) >= 11 is 0. The number of hydrogen-bond donors (Lipinski definition) is 0. The molecule has 0 heterocycles. The smallest absolute Gasteiger partial charge is 0.347 e. The lowest BCUT2D eigenvalue weighted by molar-refractivity contribution is -0.166. The summed E-state index contributed by atoms with van der Waals surface area (Å²) in [6.07, 6.45) is 2.07. The predicted molar refractivity (Wildman–Crippen MR) is 56.3 cm³/mol. The van der Waals surface area contributed by atoms with Gasteiger partial charge in [0.2, 0.25) is 0 Å². The van der Waals surface area contributed by atoms with Gasteiger partial charge in [-0.1, -0.05) is 20.3 Å². The Morgan fingerprint density at radius 3 is 2.40 bits per heavy atom. The van der Waals surface area contributed by atoms with Gasteiger partial charge in [0.05, 0.1) is 6.61 Å². The highest BCUT2D eigenvalue weighted by Gasteiger charge is 2.18. The van der Waals surface area contributed by atoms with E-state index in [2.05, 4.69) is 0 Å². The first-order valence-corrected chi connectivity index (χ1v) is 5.47. The second-order valence-corrected chi connectivity index (χ2v) is 3.40. The van der Waals surface area contributed by atoms with Gasteiger partial charge in [-0.15, -0.1) is 0 Å². The molecular formula is C11H20O4. The first-order chi connectivity index (χ1) is 7.11. The Bertz CT molecular complexity index is 201. The van der Waals surface area contributed by atoms with Crippen molar-refractivity contribution >= 4 is 11.9 Å². The lowest BCUT2D eigenvalue weighted by Gasteiger charge is -2.12. The molecular weight excluding hydrogens is 196 g/mol. The highest BCUT2D eigenvalue weighted by atomic mass is 16.6. The van der Waals surface area contributed by atoms with E-state index < -0.39 is 12.1 Å². The van der Waals surface area contributed by atoms with Crippen LogP contribution in [0.15, 0.2) is 0 Å². The molecule has 0 radical (unpaired) electrons. The normalized spacial score (nSPS) is 11.9. The van der Waals surface area contributed by atoms with Crippen molar-refractivity contribution < 1.29 is 19.1 Å². The molecule has 0 rings (SSSR count). The molecule has 4 nitrogen and oxygen atoms in total. The number of unbranched alkanes of at least 4 members (excludes halogenated alkanes) is 1. The summed E-state index contributed by atoms with van der Waals surface area (Å²) in [7, 11) is 0. The van der Waals surface area contributed by atoms with E-state index >= 15 is 0 Å². The monoisotopic (exact) mass is 216 g/mol. The zero-order chi connectivity index (χ0) is 11.7. The quantitative estimate of drug-likeness (QED) is 0.483. The zero-order valence-corrected chi connectivity index (χ0v) is 9.75. The van der Waals surface area contributed by atoms with Crippen molar-refractivity contribution in [3.05, 3.63) is 0 Å². The number of carbonyl (C=O) groups excluding carboxylic acids is 2. The van der Waals surface area contributed by atoms with Gasteiger partial charge < -0.3 is 9.47 Å². The Labute approximate surface area is 90.9 Å². The third kappa shape index (κ3) is 6.94. The maximum absolute atomic E-state index is 11.3. The van der Waals surface area contributed by atoms with E-state index in [9.17, 15) is 9.59 Å². The summed E-state index contributed by atoms with van der Waals surface area (Å²) in [5.41, 5.74) is 0. The van der Waals surface area contributed by atoms with Gasteiger partial charge in [0.1, 0.15) is 0 Å². The van der Waals surface area contributed by atoms with Crippen LogP contribution in [0.2, 0.25) is 0 Å². The molecule has 0 N–H and O–H groups in total. The van der Waals surface area contributed by atoms with Crippen molar-refractivity contribution in [2.24, 2.45) is 0 Å². The molecule has 0 fully saturated rings. The summed E-state index contributed by atoms with van der Waals surface area (Å²) < 4.78 is 9.78. The van der Waals surface area contributed by atoms with Crippen molar-refractivity contribution in [2.45, 2.75) is 52.6 Å². The maximum atomic E-state index is 11.3. The molecule has 1 atom stereocenters. The van der Waals surface area contributed by atoms with Crippen molar-refractivity contribution in [3.8, 4) is 0 Å². The van der Waals surface area contributed by atoms with Crippen LogP contribution >= 0.6 is 0 Å². The van der Waals surface area contributed by atoms with Crippen LogP contribution in [-0.4, -0.2) is 24.6 Å². The van der Waals surface area contributed by atoms with E-state index in [0.29, 0.717) is 13.0 Å². The Morgan fingerprint density at radius 2 is 1.87 bits per heavy atom. The summed E-state index contributed by atoms with van der Waals surface area (Å²) in [6, 6.07) is 0. The van der Waals surface area contributed by atoms with Gasteiger partial charge in [0.15, 0.2) is 6.10 Å². The van der Waals surface area contributed by atoms with E-state index in [1.807, 2.05) is 13.8 Å². The minimum absolute atomic E-state index is 0.340. The van der Waals surface area contributed by atoms with Gasteiger partial charge in [-0.25, -0.2) is 4.79 Å². The van der Waals surface area contributed by atoms with E-state index in [4.69, 9.17) is 9.47 Å². The van der Waals surface area contributed by atoms with Crippen LogP contribution in [-0.2, 0) is 19.1 Å². The van der Waals surface area contributed by atoms with Crippen LogP contribution in [0, 0.1) is 0 Å². The molecule has 0 aliphatic carbocycles. The van der Waals surface area contributed by atoms with E-state index in [0.717, 1.165) is 19.3 Å². The second kappa shape index (κ2) is 8.26. The van der Waals surface area contributed by atoms with Crippen LogP contribution in [0.3, 0.4) is 0 Å². The number of carbonyl (C=O) groups is 2. The van der Waals surface area contributed by atoms with Crippen LogP contribution in [0.1, 0.15) is 46.5 Å². The van der Waals surface area contributed by atoms with Crippen molar-refractivity contribution in [1.29, 1.82) is 0 Å². The number of esters is 2. The number of hydrogen-bond acceptors (Lipinski definition) is 4. The summed E-state index contributed by atoms with van der Waals surface area (Å²) in [6.45, 7) is 5.82. The standard InChI is InChI=1S/C11H20O4/c1-4-6-8-14-11(13)9(3)15-10(12)7-5-2/h9H,4-8H2,1-3H3/t9-/m0/s1. The first kappa shape index (κ1) is 13.9. The predicted octanol–water partition coefficient (Wildman–Crippen LogP) is 2.06. The van der Waals surface area contributed by atoms with Gasteiger partial charge in [0, 0.05) is 6.42 Å². The summed E-state index contributed by atoms with van der Waals surface area (Å²) in [5, 5.41) is 0. The molecule has 0 aromatic heterocycles. The molecule has 0 aromatic carbocycles. The molecule has 0 aliphatic heterocycles. The largest absolute Gasteiger partial charge is 0.463 e. The van der Waals surface area contributed by atoms with Crippen molar-refractivity contribution in [2.75, 3.05) is 6.61 Å². The van der Waals surface area contributed by atoms with Gasteiger partial charge in [-0.05, 0) is 19.8 Å². The topological polar surface area (TPSA) is 52.6 Å². The molecule has 0 bridgehead atoms. The Hall–Kier alpha value is -1.06. The Kier molecular flexibility index (Phi) is 7.68. The Balaban J connectivity index is 3.73. The van der Waals surface area contributed by atoms with E-state index in [-0.39, 0.29) is 5.97 Å². The zero-order valence-electron chi connectivity index (χ0n) is 9.75. The van der Waals surface area contributed by atoms with Gasteiger partial charge in [-0.2, -0.15) is 0 Å². The van der Waals surface area contributed by atoms with Crippen molar-refractivity contribution in [3.63, 3.8) is 0 Å². The number of ether oxygens (including phenoxy) is 2. The molecule has 15 heavy (non-hydrogen) atoms. The molecule has 88 valence electrons. The molecule has 0 aliphatic rings. The molecule has 0 aromatic rings. The fourth-order valence-electron chi connectivity index (χ4n) is 0.943. The molecule has 0 unspecified atom stereocenters. The average Bonchev–Trinajstić information content (AvgIpc) is 2.18. The highest BCUT2D eigenvalue weighted by molar-refractivity contribution is 5.78. The lowest BCUT2D eigenvalue weighted by atomic mass is 10.3. The van der Waals surface area contributed by atoms with Gasteiger partial charge >= 0.3 is 11.9 Å². The van der Waals surface area contributed by atoms with Gasteiger partial charge in [0.25, 0.3) is 0 Å². The van der Waals surface area contributed by atoms with Crippen LogP contribution in [0.4, 0.5) is 0 Å². The molecule has 0 saturated carbocycles. The molecule has 0 spiro atoms. The van der Waals surface area contributed by atoms with Crippen molar-refractivity contribution in [1.82, 2.24) is 0 Å². The fraction of sp³-hybridized carbons (Fsp3) is 0.818. The highest BCUT2D eigenvalue weighted by Crippen LogP contribution is 2.00. The first-order valence-electron chi connectivity index (χ1n) is 5.47. The fourth-order valence-corrected chi connectivity index (χ4v) is 0.943. The minimum Gasteiger partial charge on any atom is -0.463 e. The van der Waals surface area contributed by atoms with E-state index in [1.165, 1.54) is 6.92 Å². The molecule has 0 amide bonds. The van der Waals surface area contributed by atoms with Crippen LogP contribution in [0.5, 0.6) is 0 Å². The van der Waals surface area contributed by atoms with Crippen LogP contribution in [0.25, 0.3) is 0 Å². The summed E-state index contributed by atoms with van der Waals surface area (Å²) in [4.78, 5) is 22.3. The van der Waals surface area contributed by atoms with Crippen LogP contribution < -0.4 is 0 Å². The Morgan fingerprint density at radius 1 is 1.20 bits per heavy atom.